The molecule has 4 aromatic rings. The smallest absolute Gasteiger partial charge is 0.136 e. The monoisotopic (exact) mass is 326 g/mol. The number of hydrogen-bond acceptors (Lipinski definition) is 2. The third-order valence-corrected chi connectivity index (χ3v) is 4.19. The van der Waals surface area contributed by atoms with Crippen LogP contribution < -0.4 is 15.6 Å². The molecule has 0 fully saturated rings. The fourth-order valence-electron chi connectivity index (χ4n) is 2.91. The second-order valence-corrected chi connectivity index (χ2v) is 5.85. The Kier molecular flexibility index (Phi) is 4.09. The number of benzene rings is 3. The van der Waals surface area contributed by atoms with Crippen LogP contribution in [0.25, 0.3) is 22.9 Å². The Balaban J connectivity index is 1.90. The average molecular weight is 326 g/mol. The van der Waals surface area contributed by atoms with Crippen molar-refractivity contribution >= 4 is 22.9 Å². The summed E-state index contributed by atoms with van der Waals surface area (Å²) < 4.78 is 11.4. The summed E-state index contributed by atoms with van der Waals surface area (Å²) in [6, 6.07) is 26.4. The summed E-state index contributed by atoms with van der Waals surface area (Å²) in [7, 11) is 1.67. The minimum atomic E-state index is 0.847. The molecular weight excluding hydrogens is 308 g/mol. The van der Waals surface area contributed by atoms with Crippen molar-refractivity contribution in [2.24, 2.45) is 0 Å². The topological polar surface area (TPSA) is 22.4 Å². The van der Waals surface area contributed by atoms with Crippen molar-refractivity contribution in [1.29, 1.82) is 0 Å². The van der Waals surface area contributed by atoms with Crippen molar-refractivity contribution < 1.29 is 9.15 Å². The van der Waals surface area contributed by atoms with Gasteiger partial charge in [0.05, 0.1) is 7.11 Å². The molecule has 1 aromatic heterocycles. The van der Waals surface area contributed by atoms with E-state index >= 15 is 0 Å². The van der Waals surface area contributed by atoms with Gasteiger partial charge in [-0.3, -0.25) is 0 Å². The molecular formula is C23H18O2. The molecule has 3 aromatic carbocycles. The zero-order valence-corrected chi connectivity index (χ0v) is 14.0. The summed E-state index contributed by atoms with van der Waals surface area (Å²) in [5, 5.41) is 2.23. The second kappa shape index (κ2) is 6.70. The van der Waals surface area contributed by atoms with E-state index in [4.69, 9.17) is 9.15 Å². The Labute approximate surface area is 146 Å². The number of hydrogen-bond donors (Lipinski definition) is 0. The van der Waals surface area contributed by atoms with Crippen LogP contribution in [0.1, 0.15) is 11.1 Å². The van der Waals surface area contributed by atoms with Gasteiger partial charge in [0.15, 0.2) is 0 Å². The van der Waals surface area contributed by atoms with Gasteiger partial charge in [-0.15, -0.1) is 0 Å². The van der Waals surface area contributed by atoms with Gasteiger partial charge in [-0.25, -0.2) is 0 Å². The minimum absolute atomic E-state index is 0.847. The molecule has 0 saturated carbocycles. The van der Waals surface area contributed by atoms with Crippen molar-refractivity contribution in [3.63, 3.8) is 0 Å². The summed E-state index contributed by atoms with van der Waals surface area (Å²) in [6.45, 7) is 0. The van der Waals surface area contributed by atoms with Gasteiger partial charge < -0.3 is 9.15 Å². The zero-order chi connectivity index (χ0) is 17.1. The molecule has 0 atom stereocenters. The first kappa shape index (κ1) is 15.3. The highest BCUT2D eigenvalue weighted by Gasteiger charge is 2.03. The van der Waals surface area contributed by atoms with Gasteiger partial charge in [-0.2, -0.15) is 0 Å². The Bertz CT molecular complexity index is 1100. The molecule has 0 aliphatic heterocycles. The van der Waals surface area contributed by atoms with Gasteiger partial charge in [0.2, 0.25) is 0 Å². The molecule has 2 heteroatoms. The minimum Gasteiger partial charge on any atom is -0.497 e. The highest BCUT2D eigenvalue weighted by molar-refractivity contribution is 5.84. The van der Waals surface area contributed by atoms with Gasteiger partial charge in [-0.05, 0) is 35.4 Å². The lowest BCUT2D eigenvalue weighted by Gasteiger charge is -1.98. The van der Waals surface area contributed by atoms with Gasteiger partial charge in [0.1, 0.15) is 16.6 Å². The van der Waals surface area contributed by atoms with Crippen LogP contribution in [0, 0.1) is 0 Å². The predicted octanol–water partition coefficient (Wildman–Crippen LogP) is 4.10. The normalized spacial score (nSPS) is 12.7. The van der Waals surface area contributed by atoms with E-state index in [2.05, 4.69) is 36.4 Å². The van der Waals surface area contributed by atoms with Gasteiger partial charge in [-0.1, -0.05) is 66.7 Å². The van der Waals surface area contributed by atoms with Crippen molar-refractivity contribution in [2.75, 3.05) is 7.11 Å². The molecule has 0 unspecified atom stereocenters. The molecule has 0 spiro atoms. The van der Waals surface area contributed by atoms with Crippen LogP contribution in [0.15, 0.2) is 83.3 Å². The molecule has 4 rings (SSSR count). The summed E-state index contributed by atoms with van der Waals surface area (Å²) in [4.78, 5) is 0. The van der Waals surface area contributed by atoms with Crippen molar-refractivity contribution in [1.82, 2.24) is 0 Å². The predicted molar refractivity (Wildman–Crippen MR) is 102 cm³/mol. The van der Waals surface area contributed by atoms with E-state index in [-0.39, 0.29) is 0 Å². The van der Waals surface area contributed by atoms with E-state index in [1.54, 1.807) is 7.11 Å². The highest BCUT2D eigenvalue weighted by Crippen LogP contribution is 2.13. The highest BCUT2D eigenvalue weighted by atomic mass is 16.5. The van der Waals surface area contributed by atoms with E-state index in [0.717, 1.165) is 38.5 Å². The third-order valence-electron chi connectivity index (χ3n) is 4.19. The van der Waals surface area contributed by atoms with Crippen LogP contribution in [-0.2, 0) is 0 Å². The maximum atomic E-state index is 6.19. The van der Waals surface area contributed by atoms with Crippen molar-refractivity contribution in [3.8, 4) is 5.75 Å². The van der Waals surface area contributed by atoms with Crippen LogP contribution in [0.3, 0.4) is 0 Å². The zero-order valence-electron chi connectivity index (χ0n) is 14.0. The Hall–Kier alpha value is -3.26. The first-order chi connectivity index (χ1) is 12.3. The summed E-state index contributed by atoms with van der Waals surface area (Å²) in [5.74, 6) is 0.847. The summed E-state index contributed by atoms with van der Waals surface area (Å²) >= 11 is 0. The van der Waals surface area contributed by atoms with E-state index < -0.39 is 0 Å². The number of furan rings is 1. The molecule has 0 aliphatic carbocycles. The lowest BCUT2D eigenvalue weighted by molar-refractivity contribution is 0.415. The van der Waals surface area contributed by atoms with Crippen LogP contribution >= 0.6 is 0 Å². The first-order valence-corrected chi connectivity index (χ1v) is 8.23. The first-order valence-electron chi connectivity index (χ1n) is 8.23. The fraction of sp³-hybridized carbons (Fsp3) is 0.0435. The standard InChI is InChI=1S/C23H18O2/c1-24-19-13-11-18(12-14-19)16-23-21-10-6-5-9-20(21)22(25-23)15-17-7-3-2-4-8-17/h2-16H,1H3/b22-15+,23-16+. The van der Waals surface area contributed by atoms with Crippen molar-refractivity contribution in [2.45, 2.75) is 0 Å². The molecule has 2 nitrogen and oxygen atoms in total. The maximum Gasteiger partial charge on any atom is 0.136 e. The third kappa shape index (κ3) is 3.20. The fourth-order valence-corrected chi connectivity index (χ4v) is 2.91. The van der Waals surface area contributed by atoms with Gasteiger partial charge in [0.25, 0.3) is 0 Å². The molecule has 0 radical (unpaired) electrons. The largest absolute Gasteiger partial charge is 0.497 e. The second-order valence-electron chi connectivity index (χ2n) is 5.85. The van der Waals surface area contributed by atoms with Crippen LogP contribution in [0.4, 0.5) is 0 Å². The number of rotatable bonds is 3. The summed E-state index contributed by atoms with van der Waals surface area (Å²) in [5.41, 5.74) is 3.94. The van der Waals surface area contributed by atoms with Crippen LogP contribution in [0.2, 0.25) is 0 Å². The number of methoxy groups -OCH3 is 1. The molecule has 0 aliphatic rings. The molecule has 25 heavy (non-hydrogen) atoms. The van der Waals surface area contributed by atoms with E-state index in [0.29, 0.717) is 0 Å². The van der Waals surface area contributed by atoms with Crippen molar-refractivity contribution in [3.05, 3.63) is 101 Å². The lowest BCUT2D eigenvalue weighted by atomic mass is 10.1. The van der Waals surface area contributed by atoms with Gasteiger partial charge >= 0.3 is 0 Å². The maximum absolute atomic E-state index is 6.19. The molecule has 0 bridgehead atoms. The Morgan fingerprint density at radius 2 is 1.16 bits per heavy atom. The Morgan fingerprint density at radius 1 is 0.640 bits per heavy atom. The van der Waals surface area contributed by atoms with Gasteiger partial charge in [0, 0.05) is 10.8 Å². The SMILES string of the molecule is COc1ccc(/C=c2/o/c(=C/c3ccccc3)c3ccccc23)cc1. The molecule has 0 saturated heterocycles. The van der Waals surface area contributed by atoms with E-state index in [1.165, 1.54) is 0 Å². The van der Waals surface area contributed by atoms with Crippen LogP contribution in [0.5, 0.6) is 5.75 Å². The molecule has 122 valence electrons. The lowest BCUT2D eigenvalue weighted by Crippen LogP contribution is -2.00. The number of fused-ring (bicyclic) bond motifs is 1. The van der Waals surface area contributed by atoms with E-state index in [1.807, 2.05) is 54.6 Å². The summed E-state index contributed by atoms with van der Waals surface area (Å²) in [6.07, 6.45) is 4.14. The Morgan fingerprint density at radius 3 is 1.72 bits per heavy atom. The molecule has 0 N–H and O–H groups in total. The van der Waals surface area contributed by atoms with E-state index in [9.17, 15) is 0 Å². The quantitative estimate of drug-likeness (QED) is 0.565. The molecule has 0 amide bonds. The molecule has 1 heterocycles. The van der Waals surface area contributed by atoms with Crippen LogP contribution in [-0.4, -0.2) is 7.11 Å². The number of ether oxygens (including phenoxy) is 1. The average Bonchev–Trinajstić information content (AvgIpc) is 3.01.